The van der Waals surface area contributed by atoms with E-state index in [1.807, 2.05) is 26.0 Å². The number of carbonyl (C=O) groups excluding carboxylic acids is 1. The van der Waals surface area contributed by atoms with Gasteiger partial charge in [0.25, 0.3) is 5.91 Å². The second kappa shape index (κ2) is 15.9. The van der Waals surface area contributed by atoms with E-state index in [1.165, 1.54) is 5.39 Å². The Kier molecular flexibility index (Phi) is 12.6. The van der Waals surface area contributed by atoms with Crippen LogP contribution in [-0.4, -0.2) is 67.5 Å². The molecule has 226 valence electrons. The SMILES string of the molecule is C/C(=C(/C#N)C(=O)NC(C)(C)CCO)c1ccc(-c2ccc3cc(NCCN4CCOCC4)ccc3c2)s1.CC(C)C. The molecule has 3 aromatic rings. The summed E-state index contributed by atoms with van der Waals surface area (Å²) in [6.45, 7) is 17.5. The van der Waals surface area contributed by atoms with Crippen LogP contribution in [0.25, 0.3) is 26.8 Å². The van der Waals surface area contributed by atoms with Gasteiger partial charge in [0.1, 0.15) is 11.6 Å². The summed E-state index contributed by atoms with van der Waals surface area (Å²) in [6, 6.07) is 18.9. The van der Waals surface area contributed by atoms with Crippen LogP contribution in [0, 0.1) is 17.2 Å². The molecule has 1 saturated heterocycles. The van der Waals surface area contributed by atoms with Gasteiger partial charge in [0.05, 0.1) is 13.2 Å². The molecule has 8 heteroatoms. The quantitative estimate of drug-likeness (QED) is 0.183. The van der Waals surface area contributed by atoms with Crippen LogP contribution < -0.4 is 10.6 Å². The summed E-state index contributed by atoms with van der Waals surface area (Å²) < 4.78 is 5.42. The first-order valence-electron chi connectivity index (χ1n) is 14.8. The Morgan fingerprint density at radius 2 is 1.76 bits per heavy atom. The van der Waals surface area contributed by atoms with E-state index >= 15 is 0 Å². The van der Waals surface area contributed by atoms with Crippen molar-refractivity contribution in [3.8, 4) is 16.5 Å². The molecule has 42 heavy (non-hydrogen) atoms. The normalized spacial score (nSPS) is 14.5. The van der Waals surface area contributed by atoms with E-state index < -0.39 is 11.4 Å². The number of amides is 1. The average molecular weight is 591 g/mol. The van der Waals surface area contributed by atoms with E-state index in [9.17, 15) is 15.2 Å². The molecule has 0 saturated carbocycles. The Balaban J connectivity index is 0.00000114. The van der Waals surface area contributed by atoms with Gasteiger partial charge in [-0.15, -0.1) is 11.3 Å². The van der Waals surface area contributed by atoms with Gasteiger partial charge in [-0.3, -0.25) is 9.69 Å². The highest BCUT2D eigenvalue weighted by Gasteiger charge is 2.24. The third-order valence-corrected chi connectivity index (χ3v) is 8.12. The predicted octanol–water partition coefficient (Wildman–Crippen LogP) is 6.55. The molecule has 1 aromatic heterocycles. The minimum absolute atomic E-state index is 0.0370. The van der Waals surface area contributed by atoms with Gasteiger partial charge in [-0.25, -0.2) is 0 Å². The number of fused-ring (bicyclic) bond motifs is 1. The minimum Gasteiger partial charge on any atom is -0.396 e. The highest BCUT2D eigenvalue weighted by molar-refractivity contribution is 7.16. The first kappa shape index (κ1) is 33.3. The molecule has 0 atom stereocenters. The molecule has 0 radical (unpaired) electrons. The fraction of sp³-hybridized carbons (Fsp3) is 0.471. The lowest BCUT2D eigenvalue weighted by Crippen LogP contribution is -2.44. The zero-order chi connectivity index (χ0) is 30.7. The van der Waals surface area contributed by atoms with Gasteiger partial charge in [-0.2, -0.15) is 5.26 Å². The Labute approximate surface area is 255 Å². The molecule has 1 aliphatic rings. The largest absolute Gasteiger partial charge is 0.396 e. The lowest BCUT2D eigenvalue weighted by Gasteiger charge is -2.26. The van der Waals surface area contributed by atoms with Gasteiger partial charge >= 0.3 is 0 Å². The first-order valence-corrected chi connectivity index (χ1v) is 15.6. The van der Waals surface area contributed by atoms with Crippen LogP contribution in [-0.2, 0) is 9.53 Å². The maximum absolute atomic E-state index is 12.8. The van der Waals surface area contributed by atoms with E-state index in [4.69, 9.17) is 4.74 Å². The zero-order valence-corrected chi connectivity index (χ0v) is 26.7. The summed E-state index contributed by atoms with van der Waals surface area (Å²) in [5.74, 6) is 0.415. The number of benzene rings is 2. The standard InChI is InChI=1S/C30H36N4O3S.C4H10/c1-21(26(20-31)29(36)33-30(2,3)10-15-35)27-8-9-28(38-27)24-5-4-23-19-25(7-6-22(23)18-24)32-11-12-34-13-16-37-17-14-34;1-4(2)3/h4-9,18-19,32,35H,10-17H2,1-3H3,(H,33,36);4H,1-3H3/b26-21+;. The Bertz CT molecular complexity index is 1390. The van der Waals surface area contributed by atoms with Crippen molar-refractivity contribution in [2.45, 2.75) is 53.5 Å². The summed E-state index contributed by atoms with van der Waals surface area (Å²) in [4.78, 5) is 17.2. The van der Waals surface area contributed by atoms with Crippen molar-refractivity contribution < 1.29 is 14.6 Å². The molecule has 1 fully saturated rings. The van der Waals surface area contributed by atoms with E-state index in [2.05, 4.69) is 78.8 Å². The number of aliphatic hydroxyl groups excluding tert-OH is 1. The lowest BCUT2D eigenvalue weighted by atomic mass is 9.99. The van der Waals surface area contributed by atoms with Crippen LogP contribution in [0.5, 0.6) is 0 Å². The first-order chi connectivity index (χ1) is 20.0. The Hall–Kier alpha value is -3.22. The van der Waals surface area contributed by atoms with Crippen molar-refractivity contribution in [1.82, 2.24) is 10.2 Å². The van der Waals surface area contributed by atoms with E-state index in [1.54, 1.807) is 18.3 Å². The molecular weight excluding hydrogens is 544 g/mol. The molecule has 1 aliphatic heterocycles. The minimum atomic E-state index is -0.599. The predicted molar refractivity (Wildman–Crippen MR) is 176 cm³/mol. The number of morpholine rings is 1. The van der Waals surface area contributed by atoms with E-state index in [0.29, 0.717) is 12.0 Å². The number of hydrogen-bond acceptors (Lipinski definition) is 7. The fourth-order valence-electron chi connectivity index (χ4n) is 4.53. The number of nitrogens with one attached hydrogen (secondary N) is 2. The maximum atomic E-state index is 12.8. The molecule has 7 nitrogen and oxygen atoms in total. The Morgan fingerprint density at radius 3 is 2.43 bits per heavy atom. The average Bonchev–Trinajstić information content (AvgIpc) is 3.43. The van der Waals surface area contributed by atoms with Crippen LogP contribution in [0.2, 0.25) is 0 Å². The van der Waals surface area contributed by atoms with Crippen LogP contribution in [0.3, 0.4) is 0 Å². The number of anilines is 1. The molecule has 2 heterocycles. The maximum Gasteiger partial charge on any atom is 0.262 e. The van der Waals surface area contributed by atoms with Gasteiger partial charge in [-0.05, 0) is 85.4 Å². The zero-order valence-electron chi connectivity index (χ0n) is 25.9. The van der Waals surface area contributed by atoms with Gasteiger partial charge in [0, 0.05) is 53.8 Å². The van der Waals surface area contributed by atoms with Crippen molar-refractivity contribution in [3.05, 3.63) is 59.0 Å². The number of allylic oxidation sites excluding steroid dienone is 1. The molecule has 4 rings (SSSR count). The van der Waals surface area contributed by atoms with E-state index in [0.717, 1.165) is 71.7 Å². The Morgan fingerprint density at radius 1 is 1.10 bits per heavy atom. The number of nitrogens with zero attached hydrogens (tertiary/aromatic N) is 2. The third-order valence-electron chi connectivity index (χ3n) is 6.86. The number of nitriles is 1. The summed E-state index contributed by atoms with van der Waals surface area (Å²) in [5.41, 5.74) is 2.35. The van der Waals surface area contributed by atoms with Gasteiger partial charge in [0.15, 0.2) is 0 Å². The number of aliphatic hydroxyl groups is 1. The second-order valence-electron chi connectivity index (χ2n) is 12.0. The van der Waals surface area contributed by atoms with Crippen LogP contribution >= 0.6 is 11.3 Å². The number of thiophene rings is 1. The molecule has 0 bridgehead atoms. The third kappa shape index (κ3) is 9.95. The second-order valence-corrected chi connectivity index (χ2v) is 13.1. The lowest BCUT2D eigenvalue weighted by molar-refractivity contribution is -0.118. The van der Waals surface area contributed by atoms with Crippen molar-refractivity contribution in [1.29, 1.82) is 5.26 Å². The van der Waals surface area contributed by atoms with Crippen molar-refractivity contribution in [2.24, 2.45) is 5.92 Å². The molecular formula is C34H46N4O3S. The summed E-state index contributed by atoms with van der Waals surface area (Å²) in [6.07, 6.45) is 0.410. The molecule has 0 aliphatic carbocycles. The fourth-order valence-corrected chi connectivity index (χ4v) is 5.54. The summed E-state index contributed by atoms with van der Waals surface area (Å²) in [5, 5.41) is 27.7. The molecule has 0 spiro atoms. The van der Waals surface area contributed by atoms with Gasteiger partial charge in [0.2, 0.25) is 0 Å². The molecule has 1 amide bonds. The van der Waals surface area contributed by atoms with E-state index in [-0.39, 0.29) is 12.2 Å². The highest BCUT2D eigenvalue weighted by atomic mass is 32.1. The molecule has 2 aromatic carbocycles. The van der Waals surface area contributed by atoms with Gasteiger partial charge < -0.3 is 20.5 Å². The summed E-state index contributed by atoms with van der Waals surface area (Å²) in [7, 11) is 0. The molecule has 3 N–H and O–H groups in total. The smallest absolute Gasteiger partial charge is 0.262 e. The van der Waals surface area contributed by atoms with Crippen molar-refractivity contribution >= 4 is 39.3 Å². The summed E-state index contributed by atoms with van der Waals surface area (Å²) >= 11 is 1.56. The van der Waals surface area contributed by atoms with Crippen LogP contribution in [0.15, 0.2) is 54.1 Å². The number of carbonyl (C=O) groups is 1. The van der Waals surface area contributed by atoms with Gasteiger partial charge in [-0.1, -0.05) is 39.0 Å². The van der Waals surface area contributed by atoms with Crippen molar-refractivity contribution in [3.63, 3.8) is 0 Å². The number of rotatable bonds is 10. The number of hydrogen-bond donors (Lipinski definition) is 3. The molecule has 0 unspecified atom stereocenters. The van der Waals surface area contributed by atoms with Crippen LogP contribution in [0.4, 0.5) is 5.69 Å². The highest BCUT2D eigenvalue weighted by Crippen LogP contribution is 2.35. The van der Waals surface area contributed by atoms with Crippen molar-refractivity contribution in [2.75, 3.05) is 51.3 Å². The number of ether oxygens (including phenoxy) is 1. The van der Waals surface area contributed by atoms with Crippen LogP contribution in [0.1, 0.15) is 52.8 Å². The topological polar surface area (TPSA) is 97.6 Å². The monoisotopic (exact) mass is 590 g/mol.